The van der Waals surface area contributed by atoms with Crippen molar-refractivity contribution in [3.05, 3.63) is 41.6 Å². The van der Waals surface area contributed by atoms with Crippen LogP contribution in [0.4, 0.5) is 5.82 Å². The Balaban J connectivity index is 1.95. The van der Waals surface area contributed by atoms with Crippen LogP contribution in [0.1, 0.15) is 31.0 Å². The van der Waals surface area contributed by atoms with E-state index in [0.717, 1.165) is 11.3 Å². The first kappa shape index (κ1) is 13.1. The monoisotopic (exact) mass is 259 g/mol. The molecule has 0 unspecified atom stereocenters. The van der Waals surface area contributed by atoms with Crippen molar-refractivity contribution in [2.45, 2.75) is 26.2 Å². The summed E-state index contributed by atoms with van der Waals surface area (Å²) in [5, 5.41) is 18.8. The predicted molar refractivity (Wildman–Crippen MR) is 73.1 cm³/mol. The van der Waals surface area contributed by atoms with Gasteiger partial charge in [0.05, 0.1) is 6.42 Å². The van der Waals surface area contributed by atoms with Gasteiger partial charge >= 0.3 is 0 Å². The lowest BCUT2D eigenvalue weighted by Gasteiger charge is -2.02. The summed E-state index contributed by atoms with van der Waals surface area (Å²) < 4.78 is 0. The first-order valence-corrected chi connectivity index (χ1v) is 6.17. The first-order valence-electron chi connectivity index (χ1n) is 6.17. The first-order chi connectivity index (χ1) is 9.04. The van der Waals surface area contributed by atoms with Crippen molar-refractivity contribution in [3.8, 4) is 5.75 Å². The molecule has 5 heteroatoms. The zero-order chi connectivity index (χ0) is 13.8. The number of carbonyl (C=O) groups excluding carboxylic acids is 1. The Bertz CT molecular complexity index is 558. The normalized spacial score (nSPS) is 10.7. The summed E-state index contributed by atoms with van der Waals surface area (Å²) in [4.78, 5) is 11.8. The zero-order valence-corrected chi connectivity index (χ0v) is 11.0. The van der Waals surface area contributed by atoms with E-state index >= 15 is 0 Å². The molecule has 0 aliphatic carbocycles. The van der Waals surface area contributed by atoms with Crippen LogP contribution in [-0.4, -0.2) is 21.2 Å². The van der Waals surface area contributed by atoms with Crippen LogP contribution < -0.4 is 5.32 Å². The van der Waals surface area contributed by atoms with Gasteiger partial charge in [0, 0.05) is 11.8 Å². The van der Waals surface area contributed by atoms with E-state index in [-0.39, 0.29) is 18.1 Å². The van der Waals surface area contributed by atoms with Crippen LogP contribution in [0.25, 0.3) is 0 Å². The Hall–Kier alpha value is -2.30. The van der Waals surface area contributed by atoms with Gasteiger partial charge in [0.15, 0.2) is 5.82 Å². The number of phenols is 1. The lowest BCUT2D eigenvalue weighted by Crippen LogP contribution is -2.14. The molecule has 5 nitrogen and oxygen atoms in total. The van der Waals surface area contributed by atoms with Crippen molar-refractivity contribution in [2.75, 3.05) is 5.32 Å². The number of benzene rings is 1. The molecule has 2 rings (SSSR count). The van der Waals surface area contributed by atoms with E-state index in [9.17, 15) is 4.79 Å². The molecule has 0 spiro atoms. The van der Waals surface area contributed by atoms with Crippen LogP contribution in [0.15, 0.2) is 30.3 Å². The van der Waals surface area contributed by atoms with Crippen molar-refractivity contribution in [1.82, 2.24) is 10.2 Å². The summed E-state index contributed by atoms with van der Waals surface area (Å²) in [5.41, 5.74) is 1.83. The Labute approximate surface area is 111 Å². The molecule has 0 radical (unpaired) electrons. The van der Waals surface area contributed by atoms with Gasteiger partial charge in [-0.1, -0.05) is 26.0 Å². The highest BCUT2D eigenvalue weighted by atomic mass is 16.3. The molecule has 1 amide bonds. The number of carbonyl (C=O) groups is 1. The van der Waals surface area contributed by atoms with Crippen molar-refractivity contribution >= 4 is 11.7 Å². The minimum absolute atomic E-state index is 0.132. The van der Waals surface area contributed by atoms with Crippen LogP contribution >= 0.6 is 0 Å². The largest absolute Gasteiger partial charge is 0.508 e. The lowest BCUT2D eigenvalue weighted by molar-refractivity contribution is -0.115. The van der Waals surface area contributed by atoms with E-state index in [1.807, 2.05) is 6.07 Å². The second-order valence-electron chi connectivity index (χ2n) is 4.75. The van der Waals surface area contributed by atoms with Gasteiger partial charge in [0.2, 0.25) is 5.91 Å². The number of aromatic nitrogens is 2. The number of H-pyrrole nitrogens is 1. The van der Waals surface area contributed by atoms with Gasteiger partial charge in [-0.2, -0.15) is 5.10 Å². The summed E-state index contributed by atoms with van der Waals surface area (Å²) in [6.07, 6.45) is 0.254. The number of hydrogen-bond donors (Lipinski definition) is 3. The van der Waals surface area contributed by atoms with E-state index in [1.165, 1.54) is 0 Å². The van der Waals surface area contributed by atoms with E-state index in [2.05, 4.69) is 29.4 Å². The molecule has 1 aromatic carbocycles. The van der Waals surface area contributed by atoms with Gasteiger partial charge in [-0.3, -0.25) is 9.89 Å². The van der Waals surface area contributed by atoms with Gasteiger partial charge in [0.1, 0.15) is 5.75 Å². The van der Waals surface area contributed by atoms with Gasteiger partial charge in [-0.05, 0) is 23.6 Å². The molecule has 1 aromatic heterocycles. The van der Waals surface area contributed by atoms with Crippen molar-refractivity contribution in [2.24, 2.45) is 0 Å². The van der Waals surface area contributed by atoms with E-state index in [4.69, 9.17) is 5.11 Å². The van der Waals surface area contributed by atoms with E-state index in [1.54, 1.807) is 24.3 Å². The fourth-order valence-corrected chi connectivity index (χ4v) is 1.68. The Morgan fingerprint density at radius 3 is 2.63 bits per heavy atom. The van der Waals surface area contributed by atoms with Crippen LogP contribution in [0.2, 0.25) is 0 Å². The molecule has 0 saturated heterocycles. The number of nitrogens with one attached hydrogen (secondary N) is 2. The molecule has 0 bridgehead atoms. The maximum absolute atomic E-state index is 11.8. The van der Waals surface area contributed by atoms with Gasteiger partial charge in [-0.25, -0.2) is 0 Å². The smallest absolute Gasteiger partial charge is 0.229 e. The molecule has 0 fully saturated rings. The molecular weight excluding hydrogens is 242 g/mol. The summed E-state index contributed by atoms with van der Waals surface area (Å²) >= 11 is 0. The molecule has 0 saturated carbocycles. The number of amides is 1. The highest BCUT2D eigenvalue weighted by Gasteiger charge is 2.08. The minimum Gasteiger partial charge on any atom is -0.508 e. The second kappa shape index (κ2) is 5.56. The molecule has 2 aromatic rings. The number of nitrogens with zero attached hydrogens (tertiary/aromatic N) is 1. The predicted octanol–water partition coefficient (Wildman–Crippen LogP) is 2.42. The van der Waals surface area contributed by atoms with Crippen LogP contribution in [0.3, 0.4) is 0 Å². The average molecular weight is 259 g/mol. The van der Waals surface area contributed by atoms with Crippen LogP contribution in [0.5, 0.6) is 5.75 Å². The molecular formula is C14H17N3O2. The quantitative estimate of drug-likeness (QED) is 0.789. The lowest BCUT2D eigenvalue weighted by atomic mass is 10.1. The second-order valence-corrected chi connectivity index (χ2v) is 4.75. The zero-order valence-electron chi connectivity index (χ0n) is 11.0. The molecule has 0 aliphatic heterocycles. The molecule has 19 heavy (non-hydrogen) atoms. The Morgan fingerprint density at radius 2 is 2.05 bits per heavy atom. The van der Waals surface area contributed by atoms with Gasteiger partial charge in [0.25, 0.3) is 0 Å². The molecule has 100 valence electrons. The highest BCUT2D eigenvalue weighted by molar-refractivity contribution is 5.91. The molecule has 3 N–H and O–H groups in total. The van der Waals surface area contributed by atoms with Gasteiger partial charge < -0.3 is 10.4 Å². The Morgan fingerprint density at radius 1 is 1.37 bits per heavy atom. The number of aromatic hydroxyl groups is 1. The van der Waals surface area contributed by atoms with Crippen LogP contribution in [0, 0.1) is 0 Å². The molecule has 0 atom stereocenters. The third kappa shape index (κ3) is 3.58. The maximum Gasteiger partial charge on any atom is 0.229 e. The van der Waals surface area contributed by atoms with Crippen LogP contribution in [-0.2, 0) is 11.2 Å². The summed E-state index contributed by atoms with van der Waals surface area (Å²) in [6, 6.07) is 8.40. The van der Waals surface area contributed by atoms with E-state index in [0.29, 0.717) is 11.7 Å². The molecule has 0 aliphatic rings. The minimum atomic E-state index is -0.132. The summed E-state index contributed by atoms with van der Waals surface area (Å²) in [6.45, 7) is 4.10. The third-order valence-electron chi connectivity index (χ3n) is 2.79. The number of aromatic amines is 1. The number of rotatable bonds is 4. The average Bonchev–Trinajstić information content (AvgIpc) is 2.80. The van der Waals surface area contributed by atoms with Crippen molar-refractivity contribution in [1.29, 1.82) is 0 Å². The SMILES string of the molecule is CC(C)c1cc(NC(=O)Cc2ccc(O)cc2)n[nH]1. The fourth-order valence-electron chi connectivity index (χ4n) is 1.68. The molecule has 1 heterocycles. The maximum atomic E-state index is 11.8. The Kier molecular flexibility index (Phi) is 3.85. The van der Waals surface area contributed by atoms with Crippen molar-refractivity contribution in [3.63, 3.8) is 0 Å². The summed E-state index contributed by atoms with van der Waals surface area (Å²) in [5.74, 6) is 0.938. The topological polar surface area (TPSA) is 78.0 Å². The summed E-state index contributed by atoms with van der Waals surface area (Å²) in [7, 11) is 0. The van der Waals surface area contributed by atoms with Crippen molar-refractivity contribution < 1.29 is 9.90 Å². The standard InChI is InChI=1S/C14H17N3O2/c1-9(2)12-8-13(17-16-12)15-14(19)7-10-3-5-11(18)6-4-10/h3-6,8-9,18H,7H2,1-2H3,(H2,15,16,17,19). The van der Waals surface area contributed by atoms with Gasteiger partial charge in [-0.15, -0.1) is 0 Å². The highest BCUT2D eigenvalue weighted by Crippen LogP contribution is 2.15. The number of anilines is 1. The van der Waals surface area contributed by atoms with E-state index < -0.39 is 0 Å². The fraction of sp³-hybridized carbons (Fsp3) is 0.286. The number of phenolic OH excluding ortho intramolecular Hbond substituents is 1. The third-order valence-corrected chi connectivity index (χ3v) is 2.79. The number of hydrogen-bond acceptors (Lipinski definition) is 3.